The Morgan fingerprint density at radius 3 is 3.21 bits per heavy atom. The Morgan fingerprint density at radius 2 is 2.47 bits per heavy atom. The summed E-state index contributed by atoms with van der Waals surface area (Å²) in [5.74, 6) is 0.220. The monoisotopic (exact) mass is 264 g/mol. The molecule has 1 N–H and O–H groups in total. The fraction of sp³-hybridized carbons (Fsp3) is 0.571. The number of hydrogen-bond donors (Lipinski definition) is 1. The van der Waals surface area contributed by atoms with Gasteiger partial charge in [0.05, 0.1) is 12.7 Å². The van der Waals surface area contributed by atoms with E-state index in [0.29, 0.717) is 24.5 Å². The number of hydrogen-bond acceptors (Lipinski definition) is 5. The third-order valence-electron chi connectivity index (χ3n) is 3.07. The van der Waals surface area contributed by atoms with Gasteiger partial charge in [0, 0.05) is 19.3 Å². The second kappa shape index (κ2) is 7.09. The molecule has 5 heteroatoms. The van der Waals surface area contributed by atoms with E-state index in [0.717, 1.165) is 19.4 Å². The summed E-state index contributed by atoms with van der Waals surface area (Å²) < 4.78 is 10.7. The number of rotatable bonds is 5. The van der Waals surface area contributed by atoms with E-state index in [1.165, 1.54) is 6.42 Å². The number of ether oxygens (including phenoxy) is 2. The van der Waals surface area contributed by atoms with Crippen molar-refractivity contribution in [3.8, 4) is 0 Å². The third-order valence-corrected chi connectivity index (χ3v) is 3.07. The first kappa shape index (κ1) is 13.8. The van der Waals surface area contributed by atoms with Crippen LogP contribution in [-0.2, 0) is 9.47 Å². The van der Waals surface area contributed by atoms with Crippen molar-refractivity contribution in [3.05, 3.63) is 23.9 Å². The van der Waals surface area contributed by atoms with Gasteiger partial charge in [0.15, 0.2) is 0 Å². The van der Waals surface area contributed by atoms with Crippen LogP contribution >= 0.6 is 0 Å². The number of aromatic nitrogens is 1. The van der Waals surface area contributed by atoms with Crippen LogP contribution in [0, 0.1) is 0 Å². The molecule has 0 spiro atoms. The molecule has 0 aromatic carbocycles. The maximum absolute atomic E-state index is 11.8. The minimum atomic E-state index is -0.345. The molecule has 1 aliphatic rings. The quantitative estimate of drug-likeness (QED) is 0.826. The molecule has 1 aliphatic heterocycles. The van der Waals surface area contributed by atoms with E-state index in [4.69, 9.17) is 9.47 Å². The van der Waals surface area contributed by atoms with E-state index < -0.39 is 0 Å². The lowest BCUT2D eigenvalue weighted by molar-refractivity contribution is 0.0246. The molecular weight excluding hydrogens is 244 g/mol. The van der Waals surface area contributed by atoms with Gasteiger partial charge in [-0.15, -0.1) is 0 Å². The normalized spacial score (nSPS) is 18.9. The lowest BCUT2D eigenvalue weighted by Gasteiger charge is -2.23. The third kappa shape index (κ3) is 3.92. The molecule has 1 unspecified atom stereocenters. The molecule has 1 aromatic rings. The minimum absolute atomic E-state index is 0.200. The van der Waals surface area contributed by atoms with Crippen molar-refractivity contribution < 1.29 is 14.3 Å². The molecule has 2 rings (SSSR count). The fourth-order valence-electron chi connectivity index (χ4n) is 2.10. The lowest BCUT2D eigenvalue weighted by Crippen LogP contribution is -2.27. The van der Waals surface area contributed by atoms with Crippen molar-refractivity contribution in [3.63, 3.8) is 0 Å². The number of esters is 1. The van der Waals surface area contributed by atoms with Gasteiger partial charge in [0.2, 0.25) is 0 Å². The molecule has 0 saturated carbocycles. The van der Waals surface area contributed by atoms with Gasteiger partial charge < -0.3 is 14.8 Å². The van der Waals surface area contributed by atoms with Crippen molar-refractivity contribution in [2.45, 2.75) is 32.3 Å². The van der Waals surface area contributed by atoms with Crippen LogP contribution in [0.5, 0.6) is 0 Å². The van der Waals surface area contributed by atoms with Crippen LogP contribution in [-0.4, -0.2) is 36.8 Å². The smallest absolute Gasteiger partial charge is 0.341 e. The van der Waals surface area contributed by atoms with E-state index in [-0.39, 0.29) is 12.1 Å². The van der Waals surface area contributed by atoms with Crippen molar-refractivity contribution in [1.82, 2.24) is 4.98 Å². The number of anilines is 1. The minimum Gasteiger partial charge on any atom is -0.462 e. The molecule has 5 nitrogen and oxygen atoms in total. The zero-order valence-corrected chi connectivity index (χ0v) is 11.2. The van der Waals surface area contributed by atoms with Crippen LogP contribution < -0.4 is 5.32 Å². The highest BCUT2D eigenvalue weighted by atomic mass is 16.5. The first-order chi connectivity index (χ1) is 9.31. The van der Waals surface area contributed by atoms with E-state index in [1.807, 2.05) is 0 Å². The van der Waals surface area contributed by atoms with Crippen LogP contribution in [0.15, 0.2) is 18.3 Å². The molecule has 0 radical (unpaired) electrons. The van der Waals surface area contributed by atoms with Gasteiger partial charge in [-0.3, -0.25) is 0 Å². The Bertz CT molecular complexity index is 417. The SMILES string of the molecule is CCOC(=O)c1cccnc1NCC1CCCCO1. The first-order valence-corrected chi connectivity index (χ1v) is 6.79. The van der Waals surface area contributed by atoms with Crippen LogP contribution in [0.1, 0.15) is 36.5 Å². The molecular formula is C14H20N2O3. The van der Waals surface area contributed by atoms with Gasteiger partial charge in [0.1, 0.15) is 11.4 Å². The Morgan fingerprint density at radius 1 is 1.58 bits per heavy atom. The number of carbonyl (C=O) groups is 1. The van der Waals surface area contributed by atoms with E-state index in [2.05, 4.69) is 10.3 Å². The molecule has 0 amide bonds. The summed E-state index contributed by atoms with van der Waals surface area (Å²) in [5, 5.41) is 3.19. The van der Waals surface area contributed by atoms with Gasteiger partial charge in [-0.1, -0.05) is 0 Å². The van der Waals surface area contributed by atoms with Gasteiger partial charge >= 0.3 is 5.97 Å². The van der Waals surface area contributed by atoms with E-state index >= 15 is 0 Å². The van der Waals surface area contributed by atoms with E-state index in [1.54, 1.807) is 25.3 Å². The van der Waals surface area contributed by atoms with Crippen LogP contribution in [0.2, 0.25) is 0 Å². The Kier molecular flexibility index (Phi) is 5.15. The molecule has 0 aliphatic carbocycles. The molecule has 0 bridgehead atoms. The summed E-state index contributed by atoms with van der Waals surface area (Å²) in [6, 6.07) is 3.45. The topological polar surface area (TPSA) is 60.5 Å². The average Bonchev–Trinajstić information content (AvgIpc) is 2.47. The average molecular weight is 264 g/mol. The Hall–Kier alpha value is -1.62. The van der Waals surface area contributed by atoms with Gasteiger partial charge in [-0.2, -0.15) is 0 Å². The second-order valence-corrected chi connectivity index (χ2v) is 4.49. The largest absolute Gasteiger partial charge is 0.462 e. The second-order valence-electron chi connectivity index (χ2n) is 4.49. The molecule has 1 saturated heterocycles. The zero-order valence-electron chi connectivity index (χ0n) is 11.2. The molecule has 1 fully saturated rings. The van der Waals surface area contributed by atoms with Crippen LogP contribution in [0.3, 0.4) is 0 Å². The summed E-state index contributed by atoms with van der Waals surface area (Å²) in [5.41, 5.74) is 0.472. The maximum atomic E-state index is 11.8. The number of carbonyl (C=O) groups excluding carboxylic acids is 1. The Balaban J connectivity index is 1.97. The Labute approximate surface area is 113 Å². The predicted octanol–water partition coefficient (Wildman–Crippen LogP) is 2.24. The summed E-state index contributed by atoms with van der Waals surface area (Å²) in [7, 11) is 0. The predicted molar refractivity (Wildman–Crippen MR) is 72.3 cm³/mol. The highest BCUT2D eigenvalue weighted by Gasteiger charge is 2.17. The molecule has 104 valence electrons. The zero-order chi connectivity index (χ0) is 13.5. The molecule has 19 heavy (non-hydrogen) atoms. The van der Waals surface area contributed by atoms with Crippen LogP contribution in [0.4, 0.5) is 5.82 Å². The van der Waals surface area contributed by atoms with Crippen molar-refractivity contribution in [2.24, 2.45) is 0 Å². The van der Waals surface area contributed by atoms with Gasteiger partial charge in [-0.25, -0.2) is 9.78 Å². The summed E-state index contributed by atoms with van der Waals surface area (Å²) in [6.07, 6.45) is 5.24. The van der Waals surface area contributed by atoms with Crippen molar-refractivity contribution in [1.29, 1.82) is 0 Å². The maximum Gasteiger partial charge on any atom is 0.341 e. The van der Waals surface area contributed by atoms with E-state index in [9.17, 15) is 4.79 Å². The number of nitrogens with one attached hydrogen (secondary N) is 1. The number of pyridine rings is 1. The fourth-order valence-corrected chi connectivity index (χ4v) is 2.10. The molecule has 2 heterocycles. The summed E-state index contributed by atoms with van der Waals surface area (Å²) >= 11 is 0. The van der Waals surface area contributed by atoms with Gasteiger partial charge in [0.25, 0.3) is 0 Å². The molecule has 1 atom stereocenters. The standard InChI is InChI=1S/C14H20N2O3/c1-2-18-14(17)12-7-5-8-15-13(12)16-10-11-6-3-4-9-19-11/h5,7-8,11H,2-4,6,9-10H2,1H3,(H,15,16). The van der Waals surface area contributed by atoms with Crippen molar-refractivity contribution in [2.75, 3.05) is 25.1 Å². The highest BCUT2D eigenvalue weighted by Crippen LogP contribution is 2.16. The highest BCUT2D eigenvalue weighted by molar-refractivity contribution is 5.94. The van der Waals surface area contributed by atoms with Crippen LogP contribution in [0.25, 0.3) is 0 Å². The summed E-state index contributed by atoms with van der Waals surface area (Å²) in [6.45, 7) is 3.64. The molecule has 1 aromatic heterocycles. The summed E-state index contributed by atoms with van der Waals surface area (Å²) in [4.78, 5) is 16.0. The lowest BCUT2D eigenvalue weighted by atomic mass is 10.1. The first-order valence-electron chi connectivity index (χ1n) is 6.79. The number of nitrogens with zero attached hydrogens (tertiary/aromatic N) is 1. The van der Waals surface area contributed by atoms with Gasteiger partial charge in [-0.05, 0) is 38.3 Å². The van der Waals surface area contributed by atoms with Crippen molar-refractivity contribution >= 4 is 11.8 Å².